The molecule has 8 heteroatoms. The molecule has 0 saturated heterocycles. The lowest BCUT2D eigenvalue weighted by Gasteiger charge is -2.13. The zero-order chi connectivity index (χ0) is 10.9. The Kier molecular flexibility index (Phi) is 2.92. The van der Waals surface area contributed by atoms with Crippen molar-refractivity contribution < 1.29 is 17.9 Å². The lowest BCUT2D eigenvalue weighted by molar-refractivity contribution is -0.274. The summed E-state index contributed by atoms with van der Waals surface area (Å²) in [5, 5.41) is 0. The van der Waals surface area contributed by atoms with E-state index in [0.29, 0.717) is 0 Å². The van der Waals surface area contributed by atoms with Crippen LogP contribution in [0.5, 0.6) is 5.75 Å². The molecule has 1 rings (SSSR count). The zero-order valence-corrected chi connectivity index (χ0v) is 8.76. The number of rotatable bonds is 1. The van der Waals surface area contributed by atoms with Crippen LogP contribution in [0.15, 0.2) is 6.20 Å². The third-order valence-corrected chi connectivity index (χ3v) is 2.04. The number of ether oxygens (including phenoxy) is 1. The maximum atomic E-state index is 11.9. The fraction of sp³-hybridized carbons (Fsp3) is 0.167. The van der Waals surface area contributed by atoms with Gasteiger partial charge in [0, 0.05) is 6.20 Å². The Morgan fingerprint density at radius 3 is 2.43 bits per heavy atom. The third kappa shape index (κ3) is 2.53. The van der Waals surface area contributed by atoms with E-state index >= 15 is 0 Å². The van der Waals surface area contributed by atoms with Crippen LogP contribution in [0.3, 0.4) is 0 Å². The molecule has 1 aromatic rings. The molecule has 0 fully saturated rings. The van der Waals surface area contributed by atoms with Crippen molar-refractivity contribution in [3.05, 3.63) is 9.77 Å². The molecule has 0 aliphatic rings. The van der Waals surface area contributed by atoms with Gasteiger partial charge in [-0.1, -0.05) is 0 Å². The standard InChI is InChI=1S/C6H5F3IN3O/c7-6(8,9)14-4-2(10)1-13-5(12)3(4)11/h1H,11H2,(H2,12,13). The molecule has 0 aliphatic carbocycles. The van der Waals surface area contributed by atoms with E-state index in [0.717, 1.165) is 6.20 Å². The summed E-state index contributed by atoms with van der Waals surface area (Å²) < 4.78 is 39.5. The van der Waals surface area contributed by atoms with Crippen molar-refractivity contribution in [1.82, 2.24) is 4.98 Å². The summed E-state index contributed by atoms with van der Waals surface area (Å²) in [7, 11) is 0. The highest BCUT2D eigenvalue weighted by Gasteiger charge is 2.33. The number of halogens is 4. The minimum absolute atomic E-state index is 0.145. The first-order valence-electron chi connectivity index (χ1n) is 3.26. The van der Waals surface area contributed by atoms with Gasteiger partial charge in [0.15, 0.2) is 11.6 Å². The summed E-state index contributed by atoms with van der Waals surface area (Å²) in [5.41, 5.74) is 10.2. The van der Waals surface area contributed by atoms with Crippen LogP contribution in [0.4, 0.5) is 24.7 Å². The summed E-state index contributed by atoms with van der Waals surface area (Å²) in [6, 6.07) is 0. The van der Waals surface area contributed by atoms with Crippen LogP contribution in [-0.4, -0.2) is 11.3 Å². The van der Waals surface area contributed by atoms with Gasteiger partial charge in [-0.05, 0) is 22.6 Å². The molecule has 78 valence electrons. The second-order valence-corrected chi connectivity index (χ2v) is 3.44. The number of pyridine rings is 1. The van der Waals surface area contributed by atoms with Crippen LogP contribution in [0.2, 0.25) is 0 Å². The molecule has 0 unspecified atom stereocenters. The van der Waals surface area contributed by atoms with Crippen LogP contribution in [0.1, 0.15) is 0 Å². The lowest BCUT2D eigenvalue weighted by Crippen LogP contribution is -2.19. The average molecular weight is 319 g/mol. The van der Waals surface area contributed by atoms with Crippen LogP contribution >= 0.6 is 22.6 Å². The molecule has 0 radical (unpaired) electrons. The fourth-order valence-electron chi connectivity index (χ4n) is 0.719. The number of anilines is 2. The molecule has 4 nitrogen and oxygen atoms in total. The molecule has 0 atom stereocenters. The molecular formula is C6H5F3IN3O. The maximum Gasteiger partial charge on any atom is 0.573 e. The Bertz CT molecular complexity index is 355. The number of aromatic nitrogens is 1. The van der Waals surface area contributed by atoms with E-state index < -0.39 is 12.1 Å². The summed E-state index contributed by atoms with van der Waals surface area (Å²) in [4.78, 5) is 3.57. The van der Waals surface area contributed by atoms with E-state index in [1.165, 1.54) is 0 Å². The second-order valence-electron chi connectivity index (χ2n) is 2.28. The summed E-state index contributed by atoms with van der Waals surface area (Å²) in [6.07, 6.45) is -3.64. The van der Waals surface area contributed by atoms with Crippen LogP contribution in [0.25, 0.3) is 0 Å². The van der Waals surface area contributed by atoms with Crippen LogP contribution in [0, 0.1) is 3.57 Å². The number of nitrogen functional groups attached to an aromatic ring is 2. The Labute approximate surface area is 90.6 Å². The topological polar surface area (TPSA) is 74.2 Å². The number of hydrogen-bond acceptors (Lipinski definition) is 4. The van der Waals surface area contributed by atoms with Gasteiger partial charge >= 0.3 is 6.36 Å². The SMILES string of the molecule is Nc1ncc(I)c(OC(F)(F)F)c1N. The zero-order valence-electron chi connectivity index (χ0n) is 6.60. The van der Waals surface area contributed by atoms with Gasteiger partial charge in [-0.2, -0.15) is 0 Å². The Morgan fingerprint density at radius 1 is 1.36 bits per heavy atom. The molecule has 1 aromatic heterocycles. The molecule has 0 bridgehead atoms. The highest BCUT2D eigenvalue weighted by molar-refractivity contribution is 14.1. The van der Waals surface area contributed by atoms with E-state index in [4.69, 9.17) is 11.5 Å². The molecule has 1 heterocycles. The molecule has 0 aliphatic heterocycles. The van der Waals surface area contributed by atoms with Crippen molar-refractivity contribution >= 4 is 34.1 Å². The van der Waals surface area contributed by atoms with Gasteiger partial charge in [-0.15, -0.1) is 13.2 Å². The number of alkyl halides is 3. The smallest absolute Gasteiger partial charge is 0.402 e. The molecule has 0 amide bonds. The molecule has 4 N–H and O–H groups in total. The largest absolute Gasteiger partial charge is 0.573 e. The van der Waals surface area contributed by atoms with E-state index in [9.17, 15) is 13.2 Å². The van der Waals surface area contributed by atoms with E-state index in [2.05, 4.69) is 9.72 Å². The molecular weight excluding hydrogens is 314 g/mol. The van der Waals surface area contributed by atoms with Gasteiger partial charge < -0.3 is 16.2 Å². The first kappa shape index (κ1) is 11.1. The lowest BCUT2D eigenvalue weighted by atomic mass is 10.3. The van der Waals surface area contributed by atoms with Crippen molar-refractivity contribution in [2.24, 2.45) is 0 Å². The summed E-state index contributed by atoms with van der Waals surface area (Å²) in [6.45, 7) is 0. The third-order valence-electron chi connectivity index (χ3n) is 1.27. The Balaban J connectivity index is 3.13. The van der Waals surface area contributed by atoms with Gasteiger partial charge in [-0.3, -0.25) is 0 Å². The second kappa shape index (κ2) is 3.67. The quantitative estimate of drug-likeness (QED) is 0.774. The number of nitrogens with two attached hydrogens (primary N) is 2. The van der Waals surface area contributed by atoms with E-state index in [1.54, 1.807) is 22.6 Å². The van der Waals surface area contributed by atoms with Crippen molar-refractivity contribution in [2.75, 3.05) is 11.5 Å². The van der Waals surface area contributed by atoms with Gasteiger partial charge in [0.25, 0.3) is 0 Å². The van der Waals surface area contributed by atoms with Gasteiger partial charge in [0.1, 0.15) is 5.69 Å². The van der Waals surface area contributed by atoms with E-state index in [-0.39, 0.29) is 15.1 Å². The number of hydrogen-bond donors (Lipinski definition) is 2. The maximum absolute atomic E-state index is 11.9. The van der Waals surface area contributed by atoms with Crippen molar-refractivity contribution in [1.29, 1.82) is 0 Å². The Hall–Kier alpha value is -0.930. The first-order chi connectivity index (χ1) is 6.31. The van der Waals surface area contributed by atoms with Crippen molar-refractivity contribution in [3.63, 3.8) is 0 Å². The van der Waals surface area contributed by atoms with Crippen LogP contribution in [-0.2, 0) is 0 Å². The van der Waals surface area contributed by atoms with E-state index in [1.807, 2.05) is 0 Å². The first-order valence-corrected chi connectivity index (χ1v) is 4.34. The number of nitrogens with zero attached hydrogens (tertiary/aromatic N) is 1. The van der Waals surface area contributed by atoms with Gasteiger partial charge in [-0.25, -0.2) is 4.98 Å². The molecule has 14 heavy (non-hydrogen) atoms. The molecule has 0 saturated carbocycles. The summed E-state index contributed by atoms with van der Waals surface area (Å²) >= 11 is 1.62. The average Bonchev–Trinajstić information content (AvgIpc) is 2.04. The highest BCUT2D eigenvalue weighted by Crippen LogP contribution is 2.34. The predicted octanol–water partition coefficient (Wildman–Crippen LogP) is 1.75. The monoisotopic (exact) mass is 319 g/mol. The Morgan fingerprint density at radius 2 is 1.93 bits per heavy atom. The normalized spacial score (nSPS) is 11.4. The van der Waals surface area contributed by atoms with Gasteiger partial charge in [0.05, 0.1) is 3.57 Å². The van der Waals surface area contributed by atoms with Crippen LogP contribution < -0.4 is 16.2 Å². The molecule has 0 spiro atoms. The van der Waals surface area contributed by atoms with Crippen molar-refractivity contribution in [3.8, 4) is 5.75 Å². The highest BCUT2D eigenvalue weighted by atomic mass is 127. The van der Waals surface area contributed by atoms with Crippen molar-refractivity contribution in [2.45, 2.75) is 6.36 Å². The minimum atomic E-state index is -4.79. The summed E-state index contributed by atoms with van der Waals surface area (Å²) in [5.74, 6) is -0.699. The minimum Gasteiger partial charge on any atom is -0.402 e. The predicted molar refractivity (Wildman–Crippen MR) is 52.5 cm³/mol. The molecule has 0 aromatic carbocycles. The van der Waals surface area contributed by atoms with Gasteiger partial charge in [0.2, 0.25) is 0 Å². The fourth-order valence-corrected chi connectivity index (χ4v) is 1.26.